The fourth-order valence-corrected chi connectivity index (χ4v) is 8.66. The van der Waals surface area contributed by atoms with Gasteiger partial charge in [0.1, 0.15) is 34.8 Å². The minimum atomic E-state index is -0.751. The molecule has 2 atom stereocenters. The van der Waals surface area contributed by atoms with Crippen LogP contribution in [0.5, 0.6) is 6.01 Å². The normalized spacial score (nSPS) is 22.5. The summed E-state index contributed by atoms with van der Waals surface area (Å²) in [6, 6.07) is 6.26. The van der Waals surface area contributed by atoms with Gasteiger partial charge in [0.25, 0.3) is 0 Å². The van der Waals surface area contributed by atoms with Gasteiger partial charge in [0, 0.05) is 35.8 Å². The number of carbonyl (C=O) groups is 1. The Hall–Kier alpha value is -3.59. The molecule has 12 heteroatoms. The zero-order valence-corrected chi connectivity index (χ0v) is 25.8. The topological polar surface area (TPSA) is 108 Å². The van der Waals surface area contributed by atoms with E-state index in [1.807, 2.05) is 11.0 Å². The van der Waals surface area contributed by atoms with Crippen molar-refractivity contribution >= 4 is 60.5 Å². The molecule has 0 spiro atoms. The maximum Gasteiger partial charge on any atom is 0.319 e. The van der Waals surface area contributed by atoms with Crippen LogP contribution >= 0.6 is 22.9 Å². The maximum atomic E-state index is 16.8. The number of Topliss-reactive ketones (excluding diaryl/α,β-unsaturated/α-hetero) is 1. The van der Waals surface area contributed by atoms with Crippen LogP contribution in [0, 0.1) is 28.9 Å². The highest BCUT2D eigenvalue weighted by Crippen LogP contribution is 2.46. The smallest absolute Gasteiger partial charge is 0.319 e. The summed E-state index contributed by atoms with van der Waals surface area (Å²) in [5, 5.41) is 10.5. The molecule has 228 valence electrons. The van der Waals surface area contributed by atoms with E-state index >= 15 is 4.39 Å². The number of thiophene rings is 1. The van der Waals surface area contributed by atoms with Gasteiger partial charge in [-0.2, -0.15) is 15.2 Å². The Bertz CT molecular complexity index is 1880. The van der Waals surface area contributed by atoms with Crippen LogP contribution in [0.2, 0.25) is 5.02 Å². The zero-order chi connectivity index (χ0) is 30.7. The van der Waals surface area contributed by atoms with Crippen LogP contribution in [0.3, 0.4) is 0 Å². The largest absolute Gasteiger partial charge is 0.461 e. The molecular weight excluding hydrogens is 606 g/mol. The molecule has 0 radical (unpaired) electrons. The molecule has 0 saturated carbocycles. The highest BCUT2D eigenvalue weighted by Gasteiger charge is 2.47. The van der Waals surface area contributed by atoms with Crippen molar-refractivity contribution in [3.8, 4) is 23.2 Å². The van der Waals surface area contributed by atoms with E-state index in [-0.39, 0.29) is 66.2 Å². The molecule has 5 heterocycles. The minimum Gasteiger partial charge on any atom is -0.461 e. The van der Waals surface area contributed by atoms with Gasteiger partial charge in [0.2, 0.25) is 0 Å². The zero-order valence-electron chi connectivity index (χ0n) is 24.3. The number of nitrogen functional groups attached to an aromatic ring is 1. The monoisotopic (exact) mass is 636 g/mol. The summed E-state index contributed by atoms with van der Waals surface area (Å²) in [5.74, 6) is -0.303. The number of nitriles is 1. The van der Waals surface area contributed by atoms with Crippen molar-refractivity contribution in [1.29, 1.82) is 5.26 Å². The van der Waals surface area contributed by atoms with Gasteiger partial charge >= 0.3 is 6.01 Å². The third-order valence-electron chi connectivity index (χ3n) is 9.31. The first-order valence-electron chi connectivity index (χ1n) is 14.9. The molecule has 2 aromatic carbocycles. The quantitative estimate of drug-likeness (QED) is 0.258. The first-order chi connectivity index (χ1) is 21.2. The molecule has 44 heavy (non-hydrogen) atoms. The summed E-state index contributed by atoms with van der Waals surface area (Å²) in [5.41, 5.74) is 6.20. The van der Waals surface area contributed by atoms with Crippen molar-refractivity contribution in [1.82, 2.24) is 14.9 Å². The molecule has 4 aromatic rings. The average Bonchev–Trinajstić information content (AvgIpc) is 3.57. The second kappa shape index (κ2) is 11.1. The number of hydrogen-bond acceptors (Lipinski definition) is 9. The standard InChI is InChI=1S/C32H31ClF2N6O2S/c1-17-12-32(8-4-10-41(32)14-17)16-43-31-38-27-20(30(39-31)40-9-3-2-5-18(42)15-40)11-22(33)25(26(27)35)19-6-7-23(34)28-24(19)21(13-36)29(37)44-28/h6-7,11,17H,2-5,8-10,12,14-16,37H2,1H3/t17-,32+/m1/s1. The van der Waals surface area contributed by atoms with Crippen molar-refractivity contribution in [3.05, 3.63) is 40.4 Å². The Kier molecular flexibility index (Phi) is 7.34. The molecule has 0 aliphatic carbocycles. The maximum absolute atomic E-state index is 16.8. The van der Waals surface area contributed by atoms with Crippen LogP contribution in [0.15, 0.2) is 18.2 Å². The summed E-state index contributed by atoms with van der Waals surface area (Å²) in [7, 11) is 0. The lowest BCUT2D eigenvalue weighted by Crippen LogP contribution is -2.43. The number of benzene rings is 2. The van der Waals surface area contributed by atoms with Gasteiger partial charge in [-0.05, 0) is 62.3 Å². The number of rotatable bonds is 5. The van der Waals surface area contributed by atoms with Crippen LogP contribution in [0.4, 0.5) is 19.6 Å². The van der Waals surface area contributed by atoms with Crippen molar-refractivity contribution in [2.24, 2.45) is 5.92 Å². The fourth-order valence-electron chi connectivity index (χ4n) is 7.42. The Morgan fingerprint density at radius 2 is 2.09 bits per heavy atom. The number of nitrogens with two attached hydrogens (primary N) is 1. The van der Waals surface area contributed by atoms with Gasteiger partial charge < -0.3 is 15.4 Å². The highest BCUT2D eigenvalue weighted by molar-refractivity contribution is 7.23. The van der Waals surface area contributed by atoms with Crippen molar-refractivity contribution < 1.29 is 18.3 Å². The Morgan fingerprint density at radius 1 is 1.25 bits per heavy atom. The second-order valence-electron chi connectivity index (χ2n) is 12.3. The molecule has 0 bridgehead atoms. The summed E-state index contributed by atoms with van der Waals surface area (Å²) in [4.78, 5) is 26.3. The molecule has 0 unspecified atom stereocenters. The van der Waals surface area contributed by atoms with E-state index in [1.165, 1.54) is 12.1 Å². The number of ketones is 1. The molecule has 3 aliphatic rings. The number of hydrogen-bond donors (Lipinski definition) is 1. The molecule has 8 nitrogen and oxygen atoms in total. The van der Waals surface area contributed by atoms with Crippen LogP contribution < -0.4 is 15.4 Å². The summed E-state index contributed by atoms with van der Waals surface area (Å²) >= 11 is 7.73. The van der Waals surface area contributed by atoms with Crippen LogP contribution in [0.1, 0.15) is 51.0 Å². The molecular formula is C32H31ClF2N6O2S. The van der Waals surface area contributed by atoms with Gasteiger partial charge in [-0.1, -0.05) is 24.6 Å². The third-order valence-corrected chi connectivity index (χ3v) is 10.6. The number of ether oxygens (including phenoxy) is 1. The molecule has 2 N–H and O–H groups in total. The van der Waals surface area contributed by atoms with Gasteiger partial charge in [0.05, 0.1) is 27.4 Å². The lowest BCUT2D eigenvalue weighted by molar-refractivity contribution is -0.117. The number of halogens is 3. The molecule has 3 saturated heterocycles. The van der Waals surface area contributed by atoms with E-state index in [0.29, 0.717) is 36.7 Å². The lowest BCUT2D eigenvalue weighted by atomic mass is 9.92. The van der Waals surface area contributed by atoms with Crippen molar-refractivity contribution in [3.63, 3.8) is 0 Å². The number of anilines is 2. The van der Waals surface area contributed by atoms with Gasteiger partial charge in [-0.25, -0.2) is 8.78 Å². The summed E-state index contributed by atoms with van der Waals surface area (Å²) in [6.45, 7) is 5.36. The first kappa shape index (κ1) is 29.1. The second-order valence-corrected chi connectivity index (χ2v) is 13.8. The third kappa shape index (κ3) is 4.75. The van der Waals surface area contributed by atoms with E-state index in [4.69, 9.17) is 27.1 Å². The van der Waals surface area contributed by atoms with Gasteiger partial charge in [-0.3, -0.25) is 9.69 Å². The van der Waals surface area contributed by atoms with E-state index in [2.05, 4.69) is 16.8 Å². The summed E-state index contributed by atoms with van der Waals surface area (Å²) in [6.07, 6.45) is 5.14. The summed E-state index contributed by atoms with van der Waals surface area (Å²) < 4.78 is 38.1. The van der Waals surface area contributed by atoms with E-state index in [0.717, 1.165) is 56.5 Å². The predicted molar refractivity (Wildman–Crippen MR) is 168 cm³/mol. The number of aromatic nitrogens is 2. The van der Waals surface area contributed by atoms with Crippen molar-refractivity contribution in [2.45, 2.75) is 51.0 Å². The van der Waals surface area contributed by atoms with E-state index in [1.54, 1.807) is 6.07 Å². The molecule has 3 aliphatic heterocycles. The van der Waals surface area contributed by atoms with Crippen LogP contribution in [0.25, 0.3) is 32.1 Å². The van der Waals surface area contributed by atoms with Crippen LogP contribution in [-0.4, -0.2) is 59.0 Å². The van der Waals surface area contributed by atoms with Crippen LogP contribution in [-0.2, 0) is 4.79 Å². The van der Waals surface area contributed by atoms with Gasteiger partial charge in [0.15, 0.2) is 11.6 Å². The lowest BCUT2D eigenvalue weighted by Gasteiger charge is -2.31. The number of carbonyl (C=O) groups excluding carboxylic acids is 1. The molecule has 2 aromatic heterocycles. The first-order valence-corrected chi connectivity index (χ1v) is 16.1. The van der Waals surface area contributed by atoms with Crippen molar-refractivity contribution in [2.75, 3.05) is 43.4 Å². The highest BCUT2D eigenvalue weighted by atomic mass is 35.5. The SMILES string of the molecule is C[C@H]1CN2CCC[C@@]2(COc2nc(N3CCCCC(=O)C3)c3cc(Cl)c(-c4ccc(F)c5sc(N)c(C#N)c45)c(F)c3n2)C1. The fraction of sp³-hybridized carbons (Fsp3) is 0.438. The predicted octanol–water partition coefficient (Wildman–Crippen LogP) is 6.71. The van der Waals surface area contributed by atoms with Gasteiger partial charge in [-0.15, -0.1) is 11.3 Å². The molecule has 7 rings (SSSR count). The Labute approximate surface area is 262 Å². The Balaban J connectivity index is 1.40. The molecule has 3 fully saturated rings. The number of nitrogens with zero attached hydrogens (tertiary/aromatic N) is 5. The molecule has 0 amide bonds. The Morgan fingerprint density at radius 3 is 2.91 bits per heavy atom. The average molecular weight is 637 g/mol. The van der Waals surface area contributed by atoms with E-state index < -0.39 is 11.6 Å². The van der Waals surface area contributed by atoms with E-state index in [9.17, 15) is 14.4 Å². The minimum absolute atomic E-state index is 0.0220. The number of fused-ring (bicyclic) bond motifs is 3.